The number of rotatable bonds is 4. The highest BCUT2D eigenvalue weighted by Gasteiger charge is 2.47. The Labute approximate surface area is 169 Å². The number of hydrogen-bond donors (Lipinski definition) is 1. The number of benzene rings is 1. The summed E-state index contributed by atoms with van der Waals surface area (Å²) in [5, 5.41) is 7.91. The highest BCUT2D eigenvalue weighted by atomic mass is 16.5. The Kier molecular flexibility index (Phi) is 4.77. The predicted octanol–water partition coefficient (Wildman–Crippen LogP) is 0.994. The Balaban J connectivity index is 1.86. The first-order valence-electron chi connectivity index (χ1n) is 9.97. The summed E-state index contributed by atoms with van der Waals surface area (Å²) in [4.78, 5) is 26.3. The van der Waals surface area contributed by atoms with E-state index < -0.39 is 5.97 Å². The molecule has 0 saturated carbocycles. The van der Waals surface area contributed by atoms with E-state index in [0.717, 1.165) is 30.0 Å². The second-order valence-electron chi connectivity index (χ2n) is 7.24. The van der Waals surface area contributed by atoms with Crippen LogP contribution in [0.2, 0.25) is 0 Å². The van der Waals surface area contributed by atoms with Crippen LogP contribution in [0.25, 0.3) is 0 Å². The number of fused-ring (bicyclic) bond motifs is 1. The minimum atomic E-state index is -1.46. The summed E-state index contributed by atoms with van der Waals surface area (Å²) >= 11 is 0. The summed E-state index contributed by atoms with van der Waals surface area (Å²) in [5.74, 6) is -1.46. The molecule has 4 rings (SSSR count). The van der Waals surface area contributed by atoms with Crippen LogP contribution in [-0.2, 0) is 11.8 Å². The minimum absolute atomic E-state index is 0.285. The third-order valence-electron chi connectivity index (χ3n) is 5.39. The lowest BCUT2D eigenvalue weighted by molar-refractivity contribution is -0.0201. The van der Waals surface area contributed by atoms with E-state index in [-0.39, 0.29) is 6.03 Å². The molecule has 1 fully saturated rings. The molecule has 1 aromatic heterocycles. The Morgan fingerprint density at radius 2 is 2.00 bits per heavy atom. The van der Waals surface area contributed by atoms with Gasteiger partial charge in [0.1, 0.15) is 5.36 Å². The van der Waals surface area contributed by atoms with E-state index in [1.165, 1.54) is 4.90 Å². The number of anilines is 2. The molecule has 9 nitrogen and oxygen atoms in total. The molecule has 29 heavy (non-hydrogen) atoms. The zero-order chi connectivity index (χ0) is 20.8. The number of urea groups is 1. The van der Waals surface area contributed by atoms with Crippen molar-refractivity contribution in [1.29, 1.82) is 0 Å². The van der Waals surface area contributed by atoms with E-state index in [1.807, 2.05) is 33.0 Å². The van der Waals surface area contributed by atoms with Gasteiger partial charge >= 0.3 is 12.0 Å². The molecule has 1 atom stereocenters. The van der Waals surface area contributed by atoms with E-state index in [4.69, 9.17) is 14.7 Å². The van der Waals surface area contributed by atoms with E-state index in [0.29, 0.717) is 29.7 Å². The fourth-order valence-corrected chi connectivity index (χ4v) is 3.93. The number of carbonyl (C=O) groups is 1. The maximum Gasteiger partial charge on any atom is 0.356 e. The monoisotopic (exact) mass is 397 g/mol. The van der Waals surface area contributed by atoms with Gasteiger partial charge in [-0.1, -0.05) is 0 Å². The van der Waals surface area contributed by atoms with Crippen LogP contribution in [0, 0.1) is 13.8 Å². The minimum Gasteiger partial charge on any atom is -0.372 e. The van der Waals surface area contributed by atoms with Crippen molar-refractivity contribution >= 4 is 17.4 Å². The third kappa shape index (κ3) is 3.05. The molecule has 0 aliphatic carbocycles. The molecule has 2 amide bonds. The number of carbonyl (C=O) groups excluding carboxylic acids is 1. The van der Waals surface area contributed by atoms with Crippen LogP contribution in [0.5, 0.6) is 0 Å². The number of aryl methyl sites for hydroxylation is 3. The number of nitrogens with zero attached hydrogens (tertiary/aromatic N) is 6. The second-order valence-corrected chi connectivity index (χ2v) is 7.24. The van der Waals surface area contributed by atoms with Crippen molar-refractivity contribution in [2.75, 3.05) is 36.0 Å². The van der Waals surface area contributed by atoms with Gasteiger partial charge in [-0.3, -0.25) is 0 Å². The van der Waals surface area contributed by atoms with Crippen molar-refractivity contribution in [3.05, 3.63) is 40.3 Å². The molecule has 2 aromatic rings. The lowest BCUT2D eigenvalue weighted by Gasteiger charge is -2.34. The zero-order valence-corrected chi connectivity index (χ0v) is 17.6. The Morgan fingerprint density at radius 1 is 1.24 bits per heavy atom. The van der Waals surface area contributed by atoms with Crippen LogP contribution in [0.1, 0.15) is 25.1 Å². The van der Waals surface area contributed by atoms with E-state index >= 15 is 0 Å². The van der Waals surface area contributed by atoms with Gasteiger partial charge in [-0.05, 0) is 51.5 Å². The fraction of sp³-hybridized carbons (Fsp3) is 0.500. The smallest absolute Gasteiger partial charge is 0.356 e. The molecule has 1 aromatic carbocycles. The van der Waals surface area contributed by atoms with Crippen LogP contribution in [0.15, 0.2) is 28.2 Å². The van der Waals surface area contributed by atoms with E-state index in [1.54, 1.807) is 4.68 Å². The van der Waals surface area contributed by atoms with Gasteiger partial charge in [-0.15, -0.1) is 0 Å². The van der Waals surface area contributed by atoms with Crippen LogP contribution >= 0.6 is 0 Å². The first kappa shape index (κ1) is 19.4. The maximum absolute atomic E-state index is 13.1. The SMILES string of the molecule is CCN(CC)c1ccc(N2C(=O)NCCOC23N=c2c(C)nn(C)c2=N3)c(C)c1. The van der Waals surface area contributed by atoms with E-state index in [9.17, 15) is 4.79 Å². The topological polar surface area (TPSA) is 87.4 Å². The van der Waals surface area contributed by atoms with Gasteiger partial charge in [0.05, 0.1) is 18.0 Å². The summed E-state index contributed by atoms with van der Waals surface area (Å²) in [6, 6.07) is 5.77. The van der Waals surface area contributed by atoms with Gasteiger partial charge in [-0.2, -0.15) is 10.1 Å². The molecule has 3 heterocycles. The molecule has 1 saturated heterocycles. The maximum atomic E-state index is 13.1. The first-order valence-corrected chi connectivity index (χ1v) is 9.97. The quantitative estimate of drug-likeness (QED) is 0.834. The summed E-state index contributed by atoms with van der Waals surface area (Å²) < 4.78 is 7.74. The average Bonchev–Trinajstić information content (AvgIpc) is 3.13. The number of nitrogens with one attached hydrogen (secondary N) is 1. The van der Waals surface area contributed by atoms with E-state index in [2.05, 4.69) is 35.2 Å². The largest absolute Gasteiger partial charge is 0.372 e. The lowest BCUT2D eigenvalue weighted by Crippen LogP contribution is -2.53. The highest BCUT2D eigenvalue weighted by molar-refractivity contribution is 5.94. The molecule has 1 unspecified atom stereocenters. The molecule has 154 valence electrons. The highest BCUT2D eigenvalue weighted by Crippen LogP contribution is 2.34. The van der Waals surface area contributed by atoms with Crippen LogP contribution in [0.4, 0.5) is 16.2 Å². The Morgan fingerprint density at radius 3 is 2.66 bits per heavy atom. The first-order chi connectivity index (χ1) is 13.9. The molecule has 9 heteroatoms. The van der Waals surface area contributed by atoms with Crippen LogP contribution < -0.4 is 26.0 Å². The number of aromatic nitrogens is 2. The zero-order valence-electron chi connectivity index (χ0n) is 17.6. The Hall–Kier alpha value is -2.94. The van der Waals surface area contributed by atoms with Crippen molar-refractivity contribution in [3.63, 3.8) is 0 Å². The molecular weight excluding hydrogens is 370 g/mol. The molecule has 1 spiro atoms. The summed E-state index contributed by atoms with van der Waals surface area (Å²) in [5.41, 5.74) is 4.14. The van der Waals surface area contributed by atoms with Gasteiger partial charge in [-0.25, -0.2) is 19.4 Å². The van der Waals surface area contributed by atoms with Crippen molar-refractivity contribution in [2.24, 2.45) is 17.0 Å². The van der Waals surface area contributed by atoms with Crippen molar-refractivity contribution < 1.29 is 9.53 Å². The van der Waals surface area contributed by atoms with Crippen LogP contribution in [-0.4, -0.2) is 48.0 Å². The summed E-state index contributed by atoms with van der Waals surface area (Å²) in [6.07, 6.45) is 0. The van der Waals surface area contributed by atoms with Crippen molar-refractivity contribution in [1.82, 2.24) is 15.1 Å². The molecule has 0 bridgehead atoms. The summed E-state index contributed by atoms with van der Waals surface area (Å²) in [6.45, 7) is 10.7. The molecule has 2 aliphatic heterocycles. The number of amides is 2. The Bertz CT molecular complexity index is 1030. The average molecular weight is 397 g/mol. The van der Waals surface area contributed by atoms with Gasteiger partial charge < -0.3 is 15.0 Å². The van der Waals surface area contributed by atoms with Gasteiger partial charge in [0.15, 0.2) is 5.49 Å². The molecule has 1 N–H and O–H groups in total. The lowest BCUT2D eigenvalue weighted by atomic mass is 10.1. The molecule has 0 radical (unpaired) electrons. The number of ether oxygens (including phenoxy) is 1. The fourth-order valence-electron chi connectivity index (χ4n) is 3.93. The van der Waals surface area contributed by atoms with Crippen molar-refractivity contribution in [3.8, 4) is 0 Å². The summed E-state index contributed by atoms with van der Waals surface area (Å²) in [7, 11) is 1.81. The molecule has 2 aliphatic rings. The predicted molar refractivity (Wildman–Crippen MR) is 110 cm³/mol. The van der Waals surface area contributed by atoms with Gasteiger partial charge in [0.2, 0.25) is 0 Å². The standard InChI is InChI=1S/C20H27N7O2/c1-6-26(7-2)15-8-9-16(13(3)12-15)27-19(28)21-10-11-29-20(27)22-17-14(4)24-25(5)18(17)23-20/h8-9,12H,6-7,10-11H2,1-5H3,(H,21,28). The normalized spacial score (nSPS) is 20.7. The molecular formula is C20H27N7O2. The third-order valence-corrected chi connectivity index (χ3v) is 5.39. The second kappa shape index (κ2) is 7.14. The van der Waals surface area contributed by atoms with Gasteiger partial charge in [0, 0.05) is 32.4 Å². The number of hydrogen-bond acceptors (Lipinski definition) is 6. The van der Waals surface area contributed by atoms with Crippen molar-refractivity contribution in [2.45, 2.75) is 33.7 Å². The van der Waals surface area contributed by atoms with Gasteiger partial charge in [0.25, 0.3) is 0 Å². The van der Waals surface area contributed by atoms with Crippen LogP contribution in [0.3, 0.4) is 0 Å².